The maximum Gasteiger partial charge on any atom is 0.175 e. The summed E-state index contributed by atoms with van der Waals surface area (Å²) in [5, 5.41) is 27.5. The number of benzene rings is 1. The second kappa shape index (κ2) is 8.43. The third-order valence-electron chi connectivity index (χ3n) is 5.51. The summed E-state index contributed by atoms with van der Waals surface area (Å²) < 4.78 is 34.2. The number of nitrogens with zero attached hydrogens (tertiary/aromatic N) is 1. The van der Waals surface area contributed by atoms with E-state index in [0.717, 1.165) is 23.3 Å². The van der Waals surface area contributed by atoms with Crippen LogP contribution in [0.5, 0.6) is 5.75 Å². The van der Waals surface area contributed by atoms with Crippen molar-refractivity contribution in [3.63, 3.8) is 0 Å². The summed E-state index contributed by atoms with van der Waals surface area (Å²) in [5.41, 5.74) is 1.38. The largest absolute Gasteiger partial charge is 0.493 e. The summed E-state index contributed by atoms with van der Waals surface area (Å²) >= 11 is 0. The van der Waals surface area contributed by atoms with Gasteiger partial charge in [0.15, 0.2) is 9.84 Å². The molecule has 3 N–H and O–H groups in total. The van der Waals surface area contributed by atoms with E-state index in [1.54, 1.807) is 12.1 Å². The zero-order valence-corrected chi connectivity index (χ0v) is 17.7. The number of ether oxygens (including phenoxy) is 1. The highest BCUT2D eigenvalue weighted by molar-refractivity contribution is 7.90. The minimum Gasteiger partial charge on any atom is -0.493 e. The standard InChI is InChI=1S/C20H28N2O6S/c1-13-17(14(2)28-22-13)10-21-11-20(8-18(23)19(24)9-20)12-27-15-4-6-16(7-5-15)29(3,25)26/h4-7,18-19,21,23-24H,8-12H2,1-3H3/t18-,19+,20?. The van der Waals surface area contributed by atoms with Crippen molar-refractivity contribution < 1.29 is 27.9 Å². The number of aliphatic hydroxyl groups excluding tert-OH is 2. The van der Waals surface area contributed by atoms with E-state index in [0.29, 0.717) is 31.7 Å². The first kappa shape index (κ1) is 21.8. The van der Waals surface area contributed by atoms with Gasteiger partial charge in [0.2, 0.25) is 0 Å². The van der Waals surface area contributed by atoms with Crippen molar-refractivity contribution in [1.29, 1.82) is 0 Å². The van der Waals surface area contributed by atoms with Crippen molar-refractivity contribution in [2.24, 2.45) is 5.41 Å². The average molecular weight is 425 g/mol. The maximum atomic E-state index is 11.6. The molecule has 1 unspecified atom stereocenters. The highest BCUT2D eigenvalue weighted by Crippen LogP contribution is 2.39. The lowest BCUT2D eigenvalue weighted by molar-refractivity contribution is 0.0438. The van der Waals surface area contributed by atoms with Gasteiger partial charge < -0.3 is 24.8 Å². The molecule has 1 aromatic carbocycles. The number of hydrogen-bond acceptors (Lipinski definition) is 8. The zero-order chi connectivity index (χ0) is 21.2. The van der Waals surface area contributed by atoms with Gasteiger partial charge in [-0.1, -0.05) is 5.16 Å². The molecule has 29 heavy (non-hydrogen) atoms. The Bertz CT molecular complexity index is 909. The van der Waals surface area contributed by atoms with Crippen LogP contribution in [-0.4, -0.2) is 55.4 Å². The molecule has 8 nitrogen and oxygen atoms in total. The predicted molar refractivity (Wildman–Crippen MR) is 106 cm³/mol. The Kier molecular flexibility index (Phi) is 6.33. The molecule has 0 bridgehead atoms. The monoisotopic (exact) mass is 424 g/mol. The molecule has 0 amide bonds. The number of aliphatic hydroxyl groups is 2. The molecular formula is C20H28N2O6S. The third kappa shape index (κ3) is 5.16. The molecule has 3 atom stereocenters. The number of sulfone groups is 1. The van der Waals surface area contributed by atoms with Crippen LogP contribution in [0.2, 0.25) is 0 Å². The van der Waals surface area contributed by atoms with E-state index in [1.165, 1.54) is 12.1 Å². The minimum atomic E-state index is -3.26. The van der Waals surface area contributed by atoms with Crippen molar-refractivity contribution in [2.75, 3.05) is 19.4 Å². The SMILES string of the molecule is Cc1noc(C)c1CNCC1(COc2ccc(S(C)(=O)=O)cc2)C[C@@H](O)[C@@H](O)C1. The summed E-state index contributed by atoms with van der Waals surface area (Å²) in [7, 11) is -3.26. The van der Waals surface area contributed by atoms with Crippen LogP contribution in [0.3, 0.4) is 0 Å². The minimum absolute atomic E-state index is 0.229. The lowest BCUT2D eigenvalue weighted by Crippen LogP contribution is -2.38. The van der Waals surface area contributed by atoms with Gasteiger partial charge in [-0.15, -0.1) is 0 Å². The summed E-state index contributed by atoms with van der Waals surface area (Å²) in [6.07, 6.45) is 0.372. The summed E-state index contributed by atoms with van der Waals surface area (Å²) in [6, 6.07) is 6.24. The van der Waals surface area contributed by atoms with Crippen LogP contribution in [0.4, 0.5) is 0 Å². The molecule has 1 saturated carbocycles. The quantitative estimate of drug-likeness (QED) is 0.581. The van der Waals surface area contributed by atoms with Gasteiger partial charge in [-0.3, -0.25) is 0 Å². The summed E-state index contributed by atoms with van der Waals surface area (Å²) in [6.45, 7) is 5.13. The van der Waals surface area contributed by atoms with E-state index in [2.05, 4.69) is 10.5 Å². The zero-order valence-electron chi connectivity index (χ0n) is 16.9. The molecule has 0 saturated heterocycles. The first-order valence-electron chi connectivity index (χ1n) is 9.51. The number of hydrogen-bond donors (Lipinski definition) is 3. The van der Waals surface area contributed by atoms with Crippen molar-refractivity contribution in [3.8, 4) is 5.75 Å². The van der Waals surface area contributed by atoms with Crippen molar-refractivity contribution in [2.45, 2.75) is 50.3 Å². The average Bonchev–Trinajstić information content (AvgIpc) is 3.13. The van der Waals surface area contributed by atoms with Crippen molar-refractivity contribution >= 4 is 9.84 Å². The Hall–Kier alpha value is -1.94. The number of rotatable bonds is 8. The van der Waals surface area contributed by atoms with Gasteiger partial charge >= 0.3 is 0 Å². The molecule has 0 spiro atoms. The van der Waals surface area contributed by atoms with Gasteiger partial charge in [-0.25, -0.2) is 8.42 Å². The van der Waals surface area contributed by atoms with Gasteiger partial charge in [0.25, 0.3) is 0 Å². The molecule has 160 valence electrons. The molecule has 3 rings (SSSR count). The van der Waals surface area contributed by atoms with E-state index in [-0.39, 0.29) is 11.5 Å². The van der Waals surface area contributed by atoms with Gasteiger partial charge in [-0.05, 0) is 51.0 Å². The van der Waals surface area contributed by atoms with E-state index >= 15 is 0 Å². The second-order valence-corrected chi connectivity index (χ2v) is 10.00. The van der Waals surface area contributed by atoms with Crippen LogP contribution in [0.1, 0.15) is 29.9 Å². The molecule has 0 aliphatic heterocycles. The number of aromatic nitrogens is 1. The molecule has 1 aliphatic rings. The molecular weight excluding hydrogens is 396 g/mol. The van der Waals surface area contributed by atoms with Crippen molar-refractivity contribution in [3.05, 3.63) is 41.3 Å². The lowest BCUT2D eigenvalue weighted by atomic mass is 9.86. The second-order valence-electron chi connectivity index (χ2n) is 7.98. The Balaban J connectivity index is 1.65. The molecule has 1 fully saturated rings. The smallest absolute Gasteiger partial charge is 0.175 e. The highest BCUT2D eigenvalue weighted by atomic mass is 32.2. The molecule has 1 aromatic heterocycles. The van der Waals surface area contributed by atoms with Crippen LogP contribution in [-0.2, 0) is 16.4 Å². The van der Waals surface area contributed by atoms with Crippen LogP contribution >= 0.6 is 0 Å². The van der Waals surface area contributed by atoms with Crippen molar-refractivity contribution in [1.82, 2.24) is 10.5 Å². The maximum absolute atomic E-state index is 11.6. The fourth-order valence-electron chi connectivity index (χ4n) is 3.78. The van der Waals surface area contributed by atoms with E-state index in [9.17, 15) is 18.6 Å². The third-order valence-corrected chi connectivity index (χ3v) is 6.64. The molecule has 1 aliphatic carbocycles. The first-order chi connectivity index (χ1) is 13.6. The molecule has 0 radical (unpaired) electrons. The number of nitrogens with one attached hydrogen (secondary N) is 1. The van der Waals surface area contributed by atoms with Crippen LogP contribution in [0, 0.1) is 19.3 Å². The van der Waals surface area contributed by atoms with Crippen LogP contribution in [0.25, 0.3) is 0 Å². The van der Waals surface area contributed by atoms with Crippen LogP contribution in [0.15, 0.2) is 33.7 Å². The van der Waals surface area contributed by atoms with Gasteiger partial charge in [-0.2, -0.15) is 0 Å². The fourth-order valence-corrected chi connectivity index (χ4v) is 4.41. The first-order valence-corrected chi connectivity index (χ1v) is 11.4. The van der Waals surface area contributed by atoms with Gasteiger partial charge in [0, 0.05) is 30.3 Å². The van der Waals surface area contributed by atoms with E-state index in [4.69, 9.17) is 9.26 Å². The van der Waals surface area contributed by atoms with E-state index < -0.39 is 27.5 Å². The van der Waals surface area contributed by atoms with Gasteiger partial charge in [0.05, 0.1) is 29.4 Å². The predicted octanol–water partition coefficient (Wildman–Crippen LogP) is 1.37. The van der Waals surface area contributed by atoms with E-state index in [1.807, 2.05) is 13.8 Å². The summed E-state index contributed by atoms with van der Waals surface area (Å²) in [5.74, 6) is 1.30. The number of aryl methyl sites for hydroxylation is 2. The normalized spacial score (nSPS) is 24.7. The Morgan fingerprint density at radius 3 is 2.34 bits per heavy atom. The lowest BCUT2D eigenvalue weighted by Gasteiger charge is -2.29. The fraction of sp³-hybridized carbons (Fsp3) is 0.550. The summed E-state index contributed by atoms with van der Waals surface area (Å²) in [4.78, 5) is 0.229. The Morgan fingerprint density at radius 1 is 1.21 bits per heavy atom. The molecule has 9 heteroatoms. The Morgan fingerprint density at radius 2 is 1.83 bits per heavy atom. The Labute approximate surface area is 170 Å². The van der Waals surface area contributed by atoms with Crippen LogP contribution < -0.4 is 10.1 Å². The van der Waals surface area contributed by atoms with Gasteiger partial charge in [0.1, 0.15) is 11.5 Å². The molecule has 2 aromatic rings. The highest BCUT2D eigenvalue weighted by Gasteiger charge is 2.44. The molecule has 1 heterocycles. The topological polar surface area (TPSA) is 122 Å².